The van der Waals surface area contributed by atoms with Crippen LogP contribution in [0.5, 0.6) is 5.75 Å². The van der Waals surface area contributed by atoms with Crippen LogP contribution < -0.4 is 4.74 Å². The molecular weight excluding hydrogens is 487 g/mol. The summed E-state index contributed by atoms with van der Waals surface area (Å²) in [6.07, 6.45) is 1.80. The number of carbonyl (C=O) groups is 1. The number of thioether (sulfide) groups is 1. The Morgan fingerprint density at radius 1 is 1.03 bits per heavy atom. The molecule has 3 aromatic rings. The third-order valence-corrected chi connectivity index (χ3v) is 6.85. The zero-order valence-electron chi connectivity index (χ0n) is 19.5. The molecule has 1 fully saturated rings. The van der Waals surface area contributed by atoms with Crippen LogP contribution in [-0.2, 0) is 11.4 Å². The molecule has 0 atom stereocenters. The van der Waals surface area contributed by atoms with E-state index in [0.29, 0.717) is 32.5 Å². The van der Waals surface area contributed by atoms with Crippen molar-refractivity contribution in [3.8, 4) is 5.75 Å². The Bertz CT molecular complexity index is 1270. The molecule has 0 spiro atoms. The van der Waals surface area contributed by atoms with Crippen LogP contribution in [0.25, 0.3) is 16.8 Å². The zero-order valence-corrected chi connectivity index (χ0v) is 21.8. The molecular formula is C27H26Cl2N2O2S. The van der Waals surface area contributed by atoms with E-state index >= 15 is 0 Å². The third-order valence-electron chi connectivity index (χ3n) is 5.29. The third kappa shape index (κ3) is 5.27. The van der Waals surface area contributed by atoms with Gasteiger partial charge in [-0.1, -0.05) is 65.7 Å². The van der Waals surface area contributed by atoms with Crippen LogP contribution in [0, 0.1) is 0 Å². The van der Waals surface area contributed by atoms with Gasteiger partial charge in [0.05, 0.1) is 15.0 Å². The smallest absolute Gasteiger partial charge is 0.266 e. The van der Waals surface area contributed by atoms with Crippen molar-refractivity contribution in [2.75, 3.05) is 0 Å². The molecule has 7 heteroatoms. The van der Waals surface area contributed by atoms with Gasteiger partial charge in [0.1, 0.15) is 6.61 Å². The van der Waals surface area contributed by atoms with Gasteiger partial charge in [-0.15, -0.1) is 0 Å². The second-order valence-corrected chi connectivity index (χ2v) is 10.4. The van der Waals surface area contributed by atoms with Crippen LogP contribution in [-0.4, -0.2) is 28.1 Å². The summed E-state index contributed by atoms with van der Waals surface area (Å²) in [6, 6.07) is 17.9. The molecule has 0 unspecified atom stereocenters. The summed E-state index contributed by atoms with van der Waals surface area (Å²) in [4.78, 5) is 19.9. The Kier molecular flexibility index (Phi) is 7.56. The van der Waals surface area contributed by atoms with Crippen molar-refractivity contribution < 1.29 is 9.53 Å². The maximum atomic E-state index is 13.0. The molecule has 176 valence electrons. The Morgan fingerprint density at radius 3 is 2.38 bits per heavy atom. The van der Waals surface area contributed by atoms with Gasteiger partial charge in [0, 0.05) is 12.1 Å². The van der Waals surface area contributed by atoms with E-state index < -0.39 is 0 Å². The number of benzene rings is 3. The minimum Gasteiger partial charge on any atom is -0.486 e. The normalized spacial score (nSPS) is 16.6. The maximum absolute atomic E-state index is 13.0. The van der Waals surface area contributed by atoms with Crippen molar-refractivity contribution in [2.45, 2.75) is 46.4 Å². The predicted octanol–water partition coefficient (Wildman–Crippen LogP) is 7.81. The van der Waals surface area contributed by atoms with Crippen molar-refractivity contribution in [1.29, 1.82) is 0 Å². The van der Waals surface area contributed by atoms with Crippen LogP contribution in [0.4, 0.5) is 0 Å². The average molecular weight is 513 g/mol. The minimum absolute atomic E-state index is 0.0143. The van der Waals surface area contributed by atoms with E-state index in [9.17, 15) is 4.79 Å². The zero-order chi connectivity index (χ0) is 24.4. The van der Waals surface area contributed by atoms with Gasteiger partial charge in [-0.25, -0.2) is 0 Å². The van der Waals surface area contributed by atoms with Crippen LogP contribution >= 0.6 is 35.0 Å². The Morgan fingerprint density at radius 2 is 1.71 bits per heavy atom. The number of hydrogen-bond donors (Lipinski definition) is 0. The summed E-state index contributed by atoms with van der Waals surface area (Å²) in [5.41, 5.74) is 1.79. The van der Waals surface area contributed by atoms with E-state index in [4.69, 9.17) is 27.9 Å². The summed E-state index contributed by atoms with van der Waals surface area (Å²) in [5, 5.41) is 3.79. The fourth-order valence-electron chi connectivity index (χ4n) is 3.77. The van der Waals surface area contributed by atoms with Gasteiger partial charge in [-0.3, -0.25) is 14.7 Å². The molecule has 1 saturated heterocycles. The number of halogens is 2. The van der Waals surface area contributed by atoms with Crippen LogP contribution in [0.15, 0.2) is 64.5 Å². The van der Waals surface area contributed by atoms with E-state index in [1.54, 1.807) is 23.1 Å². The number of amides is 1. The van der Waals surface area contributed by atoms with Gasteiger partial charge in [-0.2, -0.15) is 0 Å². The average Bonchev–Trinajstić information content (AvgIpc) is 3.07. The lowest BCUT2D eigenvalue weighted by molar-refractivity contribution is -0.123. The van der Waals surface area contributed by atoms with Crippen molar-refractivity contribution in [3.63, 3.8) is 0 Å². The SMILES string of the molecule is CC(C)N=C1S/C(=C/c2cc(Cl)c(OCc3cccc4ccccc34)c(Cl)c2)C(=O)N1C(C)C. The highest BCUT2D eigenvalue weighted by molar-refractivity contribution is 8.18. The molecule has 4 rings (SSSR count). The molecule has 1 aliphatic heterocycles. The lowest BCUT2D eigenvalue weighted by Gasteiger charge is -2.20. The second kappa shape index (κ2) is 10.4. The van der Waals surface area contributed by atoms with Gasteiger partial charge < -0.3 is 4.74 Å². The largest absolute Gasteiger partial charge is 0.486 e. The van der Waals surface area contributed by atoms with Crippen LogP contribution in [0.2, 0.25) is 10.0 Å². The van der Waals surface area contributed by atoms with Crippen LogP contribution in [0.1, 0.15) is 38.8 Å². The molecule has 1 heterocycles. The molecule has 1 aliphatic rings. The first-order valence-electron chi connectivity index (χ1n) is 11.1. The number of amidine groups is 1. The highest BCUT2D eigenvalue weighted by atomic mass is 35.5. The summed E-state index contributed by atoms with van der Waals surface area (Å²) < 4.78 is 6.03. The summed E-state index contributed by atoms with van der Waals surface area (Å²) in [7, 11) is 0. The van der Waals surface area contributed by atoms with E-state index in [-0.39, 0.29) is 18.0 Å². The fraction of sp³-hybridized carbons (Fsp3) is 0.259. The molecule has 1 amide bonds. The Hall–Kier alpha value is -2.47. The monoisotopic (exact) mass is 512 g/mol. The lowest BCUT2D eigenvalue weighted by atomic mass is 10.1. The van der Waals surface area contributed by atoms with Crippen molar-refractivity contribution >= 4 is 62.9 Å². The molecule has 34 heavy (non-hydrogen) atoms. The highest BCUT2D eigenvalue weighted by Crippen LogP contribution is 2.38. The van der Waals surface area contributed by atoms with Gasteiger partial charge in [0.15, 0.2) is 10.9 Å². The number of hydrogen-bond acceptors (Lipinski definition) is 4. The maximum Gasteiger partial charge on any atom is 0.266 e. The van der Waals surface area contributed by atoms with E-state index in [0.717, 1.165) is 21.9 Å². The van der Waals surface area contributed by atoms with Crippen molar-refractivity contribution in [3.05, 3.63) is 80.7 Å². The van der Waals surface area contributed by atoms with E-state index in [2.05, 4.69) is 23.2 Å². The van der Waals surface area contributed by atoms with Crippen molar-refractivity contribution in [1.82, 2.24) is 4.90 Å². The standard InChI is InChI=1S/C27H26Cl2N2O2S/c1-16(2)30-27-31(17(3)4)26(32)24(34-27)14-18-12-22(28)25(23(29)13-18)33-15-20-10-7-9-19-8-5-6-11-21(19)20/h5-14,16-17H,15H2,1-4H3/b24-14+,30-27?. The number of aliphatic imine (C=N–C) groups is 1. The minimum atomic E-state index is -0.0667. The molecule has 0 bridgehead atoms. The number of carbonyl (C=O) groups excluding carboxylic acids is 1. The van der Waals surface area contributed by atoms with Gasteiger partial charge in [0.2, 0.25) is 0 Å². The van der Waals surface area contributed by atoms with Gasteiger partial charge in [-0.05, 0) is 79.6 Å². The Labute approximate surface area is 214 Å². The first-order chi connectivity index (χ1) is 16.2. The van der Waals surface area contributed by atoms with Gasteiger partial charge >= 0.3 is 0 Å². The van der Waals surface area contributed by atoms with E-state index in [1.807, 2.05) is 52.0 Å². The first-order valence-corrected chi connectivity index (χ1v) is 12.7. The highest BCUT2D eigenvalue weighted by Gasteiger charge is 2.35. The van der Waals surface area contributed by atoms with E-state index in [1.165, 1.54) is 11.8 Å². The predicted molar refractivity (Wildman–Crippen MR) is 145 cm³/mol. The molecule has 0 aliphatic carbocycles. The molecule has 0 aromatic heterocycles. The first kappa shape index (κ1) is 24.6. The van der Waals surface area contributed by atoms with Crippen LogP contribution in [0.3, 0.4) is 0 Å². The quantitative estimate of drug-likeness (QED) is 0.316. The topological polar surface area (TPSA) is 41.9 Å². The molecule has 0 radical (unpaired) electrons. The fourth-order valence-corrected chi connectivity index (χ4v) is 5.62. The molecule has 0 N–H and O–H groups in total. The molecule has 4 nitrogen and oxygen atoms in total. The van der Waals surface area contributed by atoms with Crippen molar-refractivity contribution in [2.24, 2.45) is 4.99 Å². The molecule has 3 aromatic carbocycles. The second-order valence-electron chi connectivity index (χ2n) is 8.63. The summed E-state index contributed by atoms with van der Waals surface area (Å²) in [6.45, 7) is 8.29. The number of rotatable bonds is 6. The number of fused-ring (bicyclic) bond motifs is 1. The number of ether oxygens (including phenoxy) is 1. The summed E-state index contributed by atoms with van der Waals surface area (Å²) >= 11 is 14.5. The lowest BCUT2D eigenvalue weighted by Crippen LogP contribution is -2.35. The van der Waals surface area contributed by atoms with Gasteiger partial charge in [0.25, 0.3) is 5.91 Å². The molecule has 0 saturated carbocycles. The summed E-state index contributed by atoms with van der Waals surface area (Å²) in [5.74, 6) is 0.359. The number of nitrogens with zero attached hydrogens (tertiary/aromatic N) is 2. The Balaban J connectivity index is 1.58.